The van der Waals surface area contributed by atoms with Gasteiger partial charge in [0.1, 0.15) is 5.82 Å². The van der Waals surface area contributed by atoms with Gasteiger partial charge in [-0.1, -0.05) is 0 Å². The lowest BCUT2D eigenvalue weighted by molar-refractivity contribution is 0.148. The van der Waals surface area contributed by atoms with Crippen LogP contribution in [0, 0.1) is 5.41 Å². The van der Waals surface area contributed by atoms with E-state index in [1.54, 1.807) is 6.20 Å². The van der Waals surface area contributed by atoms with E-state index < -0.39 is 0 Å². The second-order valence-corrected chi connectivity index (χ2v) is 7.53. The minimum Gasteiger partial charge on any atom is -0.396 e. The second kappa shape index (κ2) is 5.17. The van der Waals surface area contributed by atoms with E-state index in [-0.39, 0.29) is 12.0 Å². The third-order valence-corrected chi connectivity index (χ3v) is 5.73. The van der Waals surface area contributed by atoms with Crippen molar-refractivity contribution < 1.29 is 5.11 Å². The molecule has 2 aromatic heterocycles. The summed E-state index contributed by atoms with van der Waals surface area (Å²) < 4.78 is 0. The third-order valence-electron chi connectivity index (χ3n) is 5.73. The molecular weight excluding hydrogens is 304 g/mol. The van der Waals surface area contributed by atoms with Crippen molar-refractivity contribution >= 4 is 17.6 Å². The first-order valence-electron chi connectivity index (χ1n) is 8.78. The fraction of sp³-hybridized carbons (Fsp3) is 0.588. The van der Waals surface area contributed by atoms with Gasteiger partial charge in [0, 0.05) is 41.9 Å². The first kappa shape index (κ1) is 14.2. The quantitative estimate of drug-likeness (QED) is 0.780. The highest BCUT2D eigenvalue weighted by atomic mass is 16.3. The van der Waals surface area contributed by atoms with Crippen molar-refractivity contribution in [2.75, 3.05) is 23.4 Å². The number of nitrogens with one attached hydrogen (secondary N) is 2. The molecule has 2 bridgehead atoms. The predicted molar refractivity (Wildman–Crippen MR) is 90.4 cm³/mol. The highest BCUT2D eigenvalue weighted by Crippen LogP contribution is 2.48. The number of fused-ring (bicyclic) bond motifs is 2. The number of hydrogen-bond acceptors (Lipinski definition) is 6. The van der Waals surface area contributed by atoms with E-state index in [4.69, 9.17) is 0 Å². The number of H-pyrrole nitrogens is 1. The Kier molecular flexibility index (Phi) is 3.06. The van der Waals surface area contributed by atoms with Crippen LogP contribution in [0.1, 0.15) is 43.7 Å². The van der Waals surface area contributed by atoms with E-state index in [0.717, 1.165) is 43.4 Å². The van der Waals surface area contributed by atoms with Gasteiger partial charge in [0.05, 0.1) is 6.61 Å². The first-order valence-corrected chi connectivity index (χ1v) is 8.78. The first-order chi connectivity index (χ1) is 11.7. The lowest BCUT2D eigenvalue weighted by Gasteiger charge is -2.31. The Hall–Kier alpha value is -2.15. The highest BCUT2D eigenvalue weighted by molar-refractivity contribution is 5.54. The van der Waals surface area contributed by atoms with Crippen LogP contribution in [0.15, 0.2) is 18.3 Å². The van der Waals surface area contributed by atoms with E-state index in [0.29, 0.717) is 12.0 Å². The predicted octanol–water partition coefficient (Wildman–Crippen LogP) is 2.17. The van der Waals surface area contributed by atoms with Gasteiger partial charge in [-0.2, -0.15) is 10.1 Å². The molecule has 0 amide bonds. The molecule has 2 unspecified atom stereocenters. The molecule has 1 aliphatic heterocycles. The Morgan fingerprint density at radius 3 is 3.04 bits per heavy atom. The smallest absolute Gasteiger partial charge is 0.227 e. The molecule has 2 atom stereocenters. The maximum absolute atomic E-state index is 9.72. The van der Waals surface area contributed by atoms with Gasteiger partial charge in [-0.05, 0) is 38.2 Å². The summed E-state index contributed by atoms with van der Waals surface area (Å²) in [5.74, 6) is 2.97. The molecule has 0 aromatic carbocycles. The van der Waals surface area contributed by atoms with Crippen LogP contribution in [0.2, 0.25) is 0 Å². The molecule has 126 valence electrons. The van der Waals surface area contributed by atoms with E-state index in [9.17, 15) is 5.11 Å². The maximum atomic E-state index is 9.72. The van der Waals surface area contributed by atoms with Gasteiger partial charge in [0.25, 0.3) is 0 Å². The second-order valence-electron chi connectivity index (χ2n) is 7.53. The number of hydrogen-bond donors (Lipinski definition) is 3. The molecule has 7 nitrogen and oxygen atoms in total. The molecule has 2 aliphatic carbocycles. The van der Waals surface area contributed by atoms with Gasteiger partial charge >= 0.3 is 0 Å². The standard InChI is InChI=1S/C17H22N6O/c24-10-17-5-3-12(8-17)23(9-17)16-18-6-4-14(20-16)19-15-7-13(21-22-15)11-1-2-11/h4,6-7,11-12,24H,1-3,5,8-10H2,(H2,18,19,20,21,22). The van der Waals surface area contributed by atoms with Gasteiger partial charge in [-0.15, -0.1) is 0 Å². The zero-order valence-corrected chi connectivity index (χ0v) is 13.6. The molecule has 1 saturated heterocycles. The third kappa shape index (κ3) is 2.34. The fourth-order valence-corrected chi connectivity index (χ4v) is 4.20. The van der Waals surface area contributed by atoms with Gasteiger partial charge in [-0.3, -0.25) is 5.10 Å². The van der Waals surface area contributed by atoms with Crippen LogP contribution in [0.4, 0.5) is 17.6 Å². The number of aliphatic hydroxyl groups is 1. The van der Waals surface area contributed by atoms with Gasteiger partial charge in [0.15, 0.2) is 5.82 Å². The molecule has 3 fully saturated rings. The average Bonchev–Trinajstić information content (AvgIpc) is 3.07. The number of aromatic amines is 1. The van der Waals surface area contributed by atoms with E-state index in [1.165, 1.54) is 18.5 Å². The van der Waals surface area contributed by atoms with Crippen LogP contribution in [0.5, 0.6) is 0 Å². The lowest BCUT2D eigenvalue weighted by atomic mass is 9.89. The summed E-state index contributed by atoms with van der Waals surface area (Å²) in [6, 6.07) is 4.39. The number of aromatic nitrogens is 4. The Labute approximate surface area is 140 Å². The molecule has 2 aromatic rings. The SMILES string of the molecule is OCC12CCC(C1)N(c1nccc(Nc3cc(C4CC4)[nH]n3)n1)C2. The largest absolute Gasteiger partial charge is 0.396 e. The van der Waals surface area contributed by atoms with Crippen LogP contribution in [0.25, 0.3) is 0 Å². The summed E-state index contributed by atoms with van der Waals surface area (Å²) in [5, 5.41) is 20.4. The summed E-state index contributed by atoms with van der Waals surface area (Å²) in [6.07, 6.45) is 7.57. The minimum absolute atomic E-state index is 0.0544. The van der Waals surface area contributed by atoms with Gasteiger partial charge in [-0.25, -0.2) is 4.98 Å². The van der Waals surface area contributed by atoms with Crippen molar-refractivity contribution in [3.8, 4) is 0 Å². The van der Waals surface area contributed by atoms with Crippen LogP contribution in [-0.2, 0) is 0 Å². The van der Waals surface area contributed by atoms with Crippen molar-refractivity contribution in [3.05, 3.63) is 24.0 Å². The normalized spacial score (nSPS) is 28.5. The average molecular weight is 326 g/mol. The molecule has 24 heavy (non-hydrogen) atoms. The minimum atomic E-state index is 0.0544. The molecule has 5 rings (SSSR count). The number of nitrogens with zero attached hydrogens (tertiary/aromatic N) is 4. The fourth-order valence-electron chi connectivity index (χ4n) is 4.20. The number of aliphatic hydroxyl groups excluding tert-OH is 1. The van der Waals surface area contributed by atoms with Crippen LogP contribution < -0.4 is 10.2 Å². The number of piperidine rings is 1. The summed E-state index contributed by atoms with van der Waals surface area (Å²) in [7, 11) is 0. The zero-order chi connectivity index (χ0) is 16.1. The summed E-state index contributed by atoms with van der Waals surface area (Å²) in [5.41, 5.74) is 1.26. The Balaban J connectivity index is 1.34. The molecule has 0 spiro atoms. The van der Waals surface area contributed by atoms with Gasteiger partial charge < -0.3 is 15.3 Å². The van der Waals surface area contributed by atoms with Crippen molar-refractivity contribution in [3.63, 3.8) is 0 Å². The molecule has 3 N–H and O–H groups in total. The van der Waals surface area contributed by atoms with Crippen molar-refractivity contribution in [2.24, 2.45) is 5.41 Å². The summed E-state index contributed by atoms with van der Waals surface area (Å²) in [6.45, 7) is 1.11. The molecule has 3 heterocycles. The Morgan fingerprint density at radius 1 is 1.33 bits per heavy atom. The Morgan fingerprint density at radius 2 is 2.25 bits per heavy atom. The van der Waals surface area contributed by atoms with Crippen molar-refractivity contribution in [1.29, 1.82) is 0 Å². The van der Waals surface area contributed by atoms with Crippen molar-refractivity contribution in [2.45, 2.75) is 44.1 Å². The molecule has 3 aliphatic rings. The maximum Gasteiger partial charge on any atom is 0.227 e. The number of anilines is 3. The summed E-state index contributed by atoms with van der Waals surface area (Å²) >= 11 is 0. The highest BCUT2D eigenvalue weighted by Gasteiger charge is 2.49. The summed E-state index contributed by atoms with van der Waals surface area (Å²) in [4.78, 5) is 11.4. The molecule has 7 heteroatoms. The molecular formula is C17H22N6O. The van der Waals surface area contributed by atoms with Crippen molar-refractivity contribution in [1.82, 2.24) is 20.2 Å². The van der Waals surface area contributed by atoms with E-state index >= 15 is 0 Å². The van der Waals surface area contributed by atoms with Crippen LogP contribution in [0.3, 0.4) is 0 Å². The topological polar surface area (TPSA) is 90.0 Å². The lowest BCUT2D eigenvalue weighted by Crippen LogP contribution is -2.37. The molecule has 0 radical (unpaired) electrons. The van der Waals surface area contributed by atoms with E-state index in [2.05, 4.69) is 36.4 Å². The van der Waals surface area contributed by atoms with Crippen LogP contribution >= 0.6 is 0 Å². The Bertz CT molecular complexity index is 757. The van der Waals surface area contributed by atoms with Crippen LogP contribution in [-0.4, -0.2) is 44.5 Å². The monoisotopic (exact) mass is 326 g/mol. The van der Waals surface area contributed by atoms with E-state index in [1.807, 2.05) is 6.07 Å². The zero-order valence-electron chi connectivity index (χ0n) is 13.6. The molecule has 2 saturated carbocycles. The number of rotatable bonds is 5. The van der Waals surface area contributed by atoms with Gasteiger partial charge in [0.2, 0.25) is 5.95 Å².